The number of aliphatic imine (C=N–C) groups is 2. The van der Waals surface area contributed by atoms with Crippen LogP contribution in [0.3, 0.4) is 0 Å². The zero-order chi connectivity index (χ0) is 15.6. The maximum atomic E-state index is 10.1. The van der Waals surface area contributed by atoms with Gasteiger partial charge in [0.15, 0.2) is 0 Å². The number of hydrogen-bond acceptors (Lipinski definition) is 6. The van der Waals surface area contributed by atoms with Crippen LogP contribution in [0.2, 0.25) is 0 Å². The molecule has 6 nitrogen and oxygen atoms in total. The number of guanidine groups is 1. The van der Waals surface area contributed by atoms with Gasteiger partial charge in [-0.2, -0.15) is 0 Å². The van der Waals surface area contributed by atoms with Crippen molar-refractivity contribution in [3.05, 3.63) is 41.7 Å². The molecule has 1 heterocycles. The third-order valence-electron chi connectivity index (χ3n) is 3.88. The van der Waals surface area contributed by atoms with Crippen LogP contribution >= 0.6 is 0 Å². The zero-order valence-electron chi connectivity index (χ0n) is 12.5. The van der Waals surface area contributed by atoms with E-state index >= 15 is 0 Å². The Balaban J connectivity index is 1.80. The molecule has 0 amide bonds. The summed E-state index contributed by atoms with van der Waals surface area (Å²) in [6.07, 6.45) is 4.74. The van der Waals surface area contributed by atoms with E-state index in [1.54, 1.807) is 0 Å². The second-order valence-electron chi connectivity index (χ2n) is 5.64. The molecule has 1 fully saturated rings. The van der Waals surface area contributed by atoms with Gasteiger partial charge in [0.1, 0.15) is 12.2 Å². The molecule has 1 saturated carbocycles. The lowest BCUT2D eigenvalue weighted by Crippen LogP contribution is -2.40. The molecule has 0 radical (unpaired) electrons. The van der Waals surface area contributed by atoms with Crippen LogP contribution in [-0.4, -0.2) is 36.3 Å². The van der Waals surface area contributed by atoms with Crippen LogP contribution < -0.4 is 10.2 Å². The van der Waals surface area contributed by atoms with Gasteiger partial charge < -0.3 is 20.7 Å². The van der Waals surface area contributed by atoms with E-state index in [2.05, 4.69) is 15.3 Å². The quantitative estimate of drug-likeness (QED) is 0.742. The van der Waals surface area contributed by atoms with Gasteiger partial charge in [0.25, 0.3) is 0 Å². The first-order valence-electron chi connectivity index (χ1n) is 7.23. The van der Waals surface area contributed by atoms with Gasteiger partial charge in [0.05, 0.1) is 5.60 Å². The molecule has 1 aliphatic heterocycles. The van der Waals surface area contributed by atoms with E-state index in [1.807, 2.05) is 42.3 Å². The smallest absolute Gasteiger partial charge is 0.210 e. The van der Waals surface area contributed by atoms with Gasteiger partial charge in [-0.25, -0.2) is 9.98 Å². The summed E-state index contributed by atoms with van der Waals surface area (Å²) in [7, 11) is 1.91. The number of nitrogens with zero attached hydrogens (tertiary/aromatic N) is 3. The first-order valence-corrected chi connectivity index (χ1v) is 7.23. The molecular formula is C16H19N5O. The van der Waals surface area contributed by atoms with Crippen molar-refractivity contribution in [1.29, 1.82) is 5.41 Å². The second-order valence-corrected chi connectivity index (χ2v) is 5.64. The summed E-state index contributed by atoms with van der Waals surface area (Å²) >= 11 is 0. The maximum absolute atomic E-state index is 10.1. The normalized spacial score (nSPS) is 20.7. The van der Waals surface area contributed by atoms with Crippen molar-refractivity contribution < 1.29 is 5.11 Å². The number of anilines is 1. The van der Waals surface area contributed by atoms with Crippen molar-refractivity contribution in [2.45, 2.75) is 24.9 Å². The lowest BCUT2D eigenvalue weighted by Gasteiger charge is -2.24. The topological polar surface area (TPSA) is 84.1 Å². The minimum absolute atomic E-state index is 0.443. The van der Waals surface area contributed by atoms with Gasteiger partial charge in [-0.1, -0.05) is 18.2 Å². The molecule has 3 rings (SSSR count). The number of aliphatic hydroxyl groups is 1. The number of rotatable bonds is 4. The fourth-order valence-electron chi connectivity index (χ4n) is 2.30. The van der Waals surface area contributed by atoms with E-state index in [0.29, 0.717) is 23.8 Å². The van der Waals surface area contributed by atoms with E-state index in [1.165, 1.54) is 12.6 Å². The van der Waals surface area contributed by atoms with Gasteiger partial charge in [-0.05, 0) is 25.0 Å². The van der Waals surface area contributed by atoms with Crippen molar-refractivity contribution in [3.63, 3.8) is 0 Å². The van der Waals surface area contributed by atoms with Crippen molar-refractivity contribution in [3.8, 4) is 0 Å². The van der Waals surface area contributed by atoms with Crippen LogP contribution in [-0.2, 0) is 0 Å². The van der Waals surface area contributed by atoms with Crippen molar-refractivity contribution in [2.24, 2.45) is 9.98 Å². The third kappa shape index (κ3) is 3.07. The zero-order valence-corrected chi connectivity index (χ0v) is 12.5. The van der Waals surface area contributed by atoms with Crippen molar-refractivity contribution in [2.75, 3.05) is 11.9 Å². The Hall–Kier alpha value is -2.47. The minimum Gasteiger partial charge on any atom is -0.390 e. The fraction of sp³-hybridized carbons (Fsp3) is 0.312. The summed E-state index contributed by atoms with van der Waals surface area (Å²) in [5, 5.41) is 20.8. The summed E-state index contributed by atoms with van der Waals surface area (Å²) in [6, 6.07) is 9.87. The van der Waals surface area contributed by atoms with Crippen LogP contribution in [0.1, 0.15) is 19.3 Å². The monoisotopic (exact) mass is 297 g/mol. The largest absolute Gasteiger partial charge is 0.390 e. The van der Waals surface area contributed by atoms with Gasteiger partial charge in [-0.3, -0.25) is 0 Å². The van der Waals surface area contributed by atoms with E-state index in [9.17, 15) is 5.11 Å². The Morgan fingerprint density at radius 2 is 2.14 bits per heavy atom. The summed E-state index contributed by atoms with van der Waals surface area (Å²) < 4.78 is 0. The SMILES string of the molecule is CN(C1=NC=N/C(=C(/C=N)CC2(O)CC2)N1)c1ccccc1. The van der Waals surface area contributed by atoms with Crippen molar-refractivity contribution in [1.82, 2.24) is 5.32 Å². The van der Waals surface area contributed by atoms with Gasteiger partial charge in [-0.15, -0.1) is 0 Å². The summed E-state index contributed by atoms with van der Waals surface area (Å²) in [5.74, 6) is 1.21. The maximum Gasteiger partial charge on any atom is 0.210 e. The minimum atomic E-state index is -0.656. The molecular weight excluding hydrogens is 278 g/mol. The molecule has 22 heavy (non-hydrogen) atoms. The molecule has 0 atom stereocenters. The van der Waals surface area contributed by atoms with Crippen LogP contribution in [0.25, 0.3) is 0 Å². The highest BCUT2D eigenvalue weighted by molar-refractivity contribution is 6.02. The summed E-state index contributed by atoms with van der Waals surface area (Å²) in [5.41, 5.74) is 1.03. The average Bonchev–Trinajstić information content (AvgIpc) is 3.30. The Kier molecular flexibility index (Phi) is 3.77. The Morgan fingerprint density at radius 1 is 1.41 bits per heavy atom. The van der Waals surface area contributed by atoms with E-state index in [0.717, 1.165) is 18.5 Å². The molecule has 3 N–H and O–H groups in total. The molecule has 6 heteroatoms. The predicted octanol–water partition coefficient (Wildman–Crippen LogP) is 1.89. The number of benzene rings is 1. The standard InChI is InChI=1S/C16H19N5O/c1-21(13-5-3-2-4-6-13)15-19-11-18-14(20-15)12(10-17)9-16(22)7-8-16/h2-6,10-11,17,22H,7-9H2,1H3,(H,18,19,20)/b14-12-,17-10?. The number of nitrogens with one attached hydrogen (secondary N) is 2. The first kappa shape index (κ1) is 14.5. The first-order chi connectivity index (χ1) is 10.6. The second kappa shape index (κ2) is 5.73. The molecule has 2 aliphatic rings. The van der Waals surface area contributed by atoms with E-state index in [4.69, 9.17) is 5.41 Å². The highest BCUT2D eigenvalue weighted by atomic mass is 16.3. The van der Waals surface area contributed by atoms with Crippen LogP contribution in [0.15, 0.2) is 51.7 Å². The van der Waals surface area contributed by atoms with Crippen molar-refractivity contribution >= 4 is 24.2 Å². The Labute approximate surface area is 129 Å². The molecule has 0 unspecified atom stereocenters. The highest BCUT2D eigenvalue weighted by Crippen LogP contribution is 2.40. The summed E-state index contributed by atoms with van der Waals surface area (Å²) in [4.78, 5) is 10.4. The lowest BCUT2D eigenvalue weighted by molar-refractivity contribution is 0.152. The predicted molar refractivity (Wildman–Crippen MR) is 88.5 cm³/mol. The Bertz CT molecular complexity index is 658. The van der Waals surface area contributed by atoms with Crippen LogP contribution in [0.5, 0.6) is 0 Å². The van der Waals surface area contributed by atoms with Gasteiger partial charge in [0.2, 0.25) is 5.96 Å². The molecule has 1 aliphatic carbocycles. The van der Waals surface area contributed by atoms with Crippen LogP contribution in [0.4, 0.5) is 5.69 Å². The molecule has 0 saturated heterocycles. The molecule has 0 spiro atoms. The van der Waals surface area contributed by atoms with Gasteiger partial charge >= 0.3 is 0 Å². The van der Waals surface area contributed by atoms with E-state index in [-0.39, 0.29) is 0 Å². The number of para-hydroxylation sites is 1. The average molecular weight is 297 g/mol. The third-order valence-corrected chi connectivity index (χ3v) is 3.88. The summed E-state index contributed by atoms with van der Waals surface area (Å²) in [6.45, 7) is 0. The fourth-order valence-corrected chi connectivity index (χ4v) is 2.30. The number of hydrogen-bond donors (Lipinski definition) is 3. The molecule has 0 aromatic heterocycles. The Morgan fingerprint density at radius 3 is 2.77 bits per heavy atom. The van der Waals surface area contributed by atoms with Crippen LogP contribution in [0, 0.1) is 5.41 Å². The highest BCUT2D eigenvalue weighted by Gasteiger charge is 2.41. The molecule has 1 aromatic rings. The molecule has 114 valence electrons. The molecule has 0 bridgehead atoms. The van der Waals surface area contributed by atoms with E-state index < -0.39 is 5.60 Å². The lowest BCUT2D eigenvalue weighted by atomic mass is 10.1. The van der Waals surface area contributed by atoms with Gasteiger partial charge in [0, 0.05) is 30.9 Å². The molecule has 1 aromatic carbocycles.